The minimum absolute atomic E-state index is 0.183. The van der Waals surface area contributed by atoms with Gasteiger partial charge in [0, 0.05) is 0 Å². The van der Waals surface area contributed by atoms with Crippen molar-refractivity contribution in [1.82, 2.24) is 5.32 Å². The van der Waals surface area contributed by atoms with E-state index in [1.54, 1.807) is 13.2 Å². The molecule has 5 nitrogen and oxygen atoms in total. The second kappa shape index (κ2) is 8.92. The van der Waals surface area contributed by atoms with Gasteiger partial charge in [-0.2, -0.15) is 0 Å². The van der Waals surface area contributed by atoms with Crippen molar-refractivity contribution in [1.29, 1.82) is 0 Å². The van der Waals surface area contributed by atoms with E-state index in [2.05, 4.69) is 5.32 Å². The van der Waals surface area contributed by atoms with Gasteiger partial charge in [0.1, 0.15) is 23.3 Å². The molecule has 0 aromatic heterocycles. The second-order valence-corrected chi connectivity index (χ2v) is 7.49. The van der Waals surface area contributed by atoms with Gasteiger partial charge in [0.25, 0.3) is 5.91 Å². The Bertz CT molecular complexity index is 878. The molecular weight excluding hydrogens is 382 g/mol. The molecule has 27 heavy (non-hydrogen) atoms. The van der Waals surface area contributed by atoms with E-state index in [0.717, 1.165) is 11.3 Å². The van der Waals surface area contributed by atoms with Crippen molar-refractivity contribution in [2.75, 3.05) is 20.3 Å². The first-order chi connectivity index (χ1) is 13.0. The highest BCUT2D eigenvalue weighted by Gasteiger charge is 2.22. The Morgan fingerprint density at radius 1 is 1.07 bits per heavy atom. The van der Waals surface area contributed by atoms with E-state index >= 15 is 0 Å². The van der Waals surface area contributed by atoms with Crippen LogP contribution in [0.4, 0.5) is 0 Å². The normalized spacial score (nSPS) is 15.0. The second-order valence-electron chi connectivity index (χ2n) is 5.77. The number of ether oxygens (including phenoxy) is 3. The Morgan fingerprint density at radius 3 is 2.48 bits per heavy atom. The molecule has 0 aliphatic carbocycles. The third-order valence-corrected chi connectivity index (χ3v) is 4.92. The van der Waals surface area contributed by atoms with Gasteiger partial charge in [0.15, 0.2) is 11.5 Å². The largest absolute Gasteiger partial charge is 0.493 e. The van der Waals surface area contributed by atoms with Crippen LogP contribution in [0.3, 0.4) is 0 Å². The number of methoxy groups -OCH3 is 1. The maximum absolute atomic E-state index is 11.8. The van der Waals surface area contributed by atoms with E-state index in [1.807, 2.05) is 49.4 Å². The van der Waals surface area contributed by atoms with Crippen LogP contribution in [0.5, 0.6) is 17.2 Å². The first-order valence-corrected chi connectivity index (χ1v) is 9.53. The maximum Gasteiger partial charge on any atom is 0.263 e. The number of hydrogen-bond acceptors (Lipinski definition) is 6. The lowest BCUT2D eigenvalue weighted by Crippen LogP contribution is -2.17. The molecule has 2 aromatic rings. The summed E-state index contributed by atoms with van der Waals surface area (Å²) in [6.07, 6.45) is 1.77. The van der Waals surface area contributed by atoms with Crippen LogP contribution < -0.4 is 19.5 Å². The van der Waals surface area contributed by atoms with Crippen LogP contribution in [0.15, 0.2) is 47.4 Å². The van der Waals surface area contributed by atoms with Crippen molar-refractivity contribution in [3.8, 4) is 17.2 Å². The Labute approximate surface area is 167 Å². The smallest absolute Gasteiger partial charge is 0.263 e. The zero-order valence-corrected chi connectivity index (χ0v) is 16.6. The molecule has 0 radical (unpaired) electrons. The molecule has 140 valence electrons. The average molecular weight is 402 g/mol. The fourth-order valence-corrected chi connectivity index (χ4v) is 3.46. The van der Waals surface area contributed by atoms with E-state index < -0.39 is 0 Å². The number of amides is 1. The van der Waals surface area contributed by atoms with Gasteiger partial charge in [0.05, 0.1) is 12.0 Å². The summed E-state index contributed by atoms with van der Waals surface area (Å²) in [6, 6.07) is 13.4. The van der Waals surface area contributed by atoms with Gasteiger partial charge in [-0.15, -0.1) is 0 Å². The number of rotatable bonds is 7. The lowest BCUT2D eigenvalue weighted by Gasteiger charge is -2.12. The molecular formula is C20H19NO4S2. The summed E-state index contributed by atoms with van der Waals surface area (Å²) in [5.41, 5.74) is 2.02. The average Bonchev–Trinajstić information content (AvgIpc) is 2.98. The maximum atomic E-state index is 11.8. The predicted octanol–water partition coefficient (Wildman–Crippen LogP) is 3.95. The highest BCUT2D eigenvalue weighted by Crippen LogP contribution is 2.31. The van der Waals surface area contributed by atoms with E-state index in [1.165, 1.54) is 17.3 Å². The highest BCUT2D eigenvalue weighted by atomic mass is 32.2. The number of carbonyl (C=O) groups is 1. The third-order valence-electron chi connectivity index (χ3n) is 3.76. The first-order valence-electron chi connectivity index (χ1n) is 8.30. The molecule has 7 heteroatoms. The fraction of sp³-hybridized carbons (Fsp3) is 0.200. The van der Waals surface area contributed by atoms with Gasteiger partial charge in [-0.05, 0) is 42.8 Å². The van der Waals surface area contributed by atoms with Gasteiger partial charge < -0.3 is 19.5 Å². The Morgan fingerprint density at radius 2 is 1.81 bits per heavy atom. The number of thiocarbonyl (C=S) groups is 1. The summed E-state index contributed by atoms with van der Waals surface area (Å²) >= 11 is 6.24. The van der Waals surface area contributed by atoms with E-state index in [9.17, 15) is 4.79 Å². The van der Waals surface area contributed by atoms with E-state index in [-0.39, 0.29) is 5.91 Å². The Kier molecular flexibility index (Phi) is 6.36. The number of hydrogen-bond donors (Lipinski definition) is 1. The molecule has 0 unspecified atom stereocenters. The monoisotopic (exact) mass is 401 g/mol. The third kappa shape index (κ3) is 5.24. The molecule has 1 heterocycles. The van der Waals surface area contributed by atoms with Crippen LogP contribution in [-0.2, 0) is 4.79 Å². The molecule has 1 saturated heterocycles. The number of thioether (sulfide) groups is 1. The van der Waals surface area contributed by atoms with Crippen LogP contribution in [0.25, 0.3) is 6.08 Å². The molecule has 0 spiro atoms. The summed E-state index contributed by atoms with van der Waals surface area (Å²) < 4.78 is 17.3. The number of nitrogens with one attached hydrogen (secondary N) is 1. The van der Waals surface area contributed by atoms with Crippen LogP contribution in [0, 0.1) is 6.92 Å². The SMILES string of the molecule is COc1cc(/C=C2/SC(=S)NC2=O)ccc1OCCOc1ccc(C)cc1. The van der Waals surface area contributed by atoms with Crippen molar-refractivity contribution in [2.45, 2.75) is 6.92 Å². The molecule has 0 atom stereocenters. The van der Waals surface area contributed by atoms with Gasteiger partial charge >= 0.3 is 0 Å². The van der Waals surface area contributed by atoms with Crippen LogP contribution in [0.2, 0.25) is 0 Å². The van der Waals surface area contributed by atoms with Crippen LogP contribution >= 0.6 is 24.0 Å². The zero-order valence-electron chi connectivity index (χ0n) is 15.0. The fourth-order valence-electron chi connectivity index (χ4n) is 2.41. The quantitative estimate of drug-likeness (QED) is 0.431. The lowest BCUT2D eigenvalue weighted by molar-refractivity contribution is -0.115. The van der Waals surface area contributed by atoms with Crippen molar-refractivity contribution in [3.63, 3.8) is 0 Å². The lowest BCUT2D eigenvalue weighted by atomic mass is 10.2. The molecule has 0 bridgehead atoms. The highest BCUT2D eigenvalue weighted by molar-refractivity contribution is 8.26. The van der Waals surface area contributed by atoms with Crippen LogP contribution in [0.1, 0.15) is 11.1 Å². The van der Waals surface area contributed by atoms with Crippen molar-refractivity contribution >= 4 is 40.3 Å². The molecule has 1 N–H and O–H groups in total. The predicted molar refractivity (Wildman–Crippen MR) is 111 cm³/mol. The molecule has 1 aliphatic heterocycles. The van der Waals surface area contributed by atoms with Gasteiger partial charge in [-0.3, -0.25) is 4.79 Å². The standard InChI is InChI=1S/C20H19NO4S2/c1-13-3-6-15(7-4-13)24-9-10-25-16-8-5-14(11-17(16)23-2)12-18-19(22)21-20(26)27-18/h3-8,11-12H,9-10H2,1-2H3,(H,21,22,26)/b18-12+. The summed E-state index contributed by atoms with van der Waals surface area (Å²) in [5.74, 6) is 1.83. The topological polar surface area (TPSA) is 56.8 Å². The number of aryl methyl sites for hydroxylation is 1. The van der Waals surface area contributed by atoms with E-state index in [0.29, 0.717) is 33.9 Å². The molecule has 1 fully saturated rings. The summed E-state index contributed by atoms with van der Waals surface area (Å²) in [6.45, 7) is 2.84. The minimum Gasteiger partial charge on any atom is -0.493 e. The number of carbonyl (C=O) groups excluding carboxylic acids is 1. The van der Waals surface area contributed by atoms with Crippen molar-refractivity contribution < 1.29 is 19.0 Å². The van der Waals surface area contributed by atoms with Gasteiger partial charge in [-0.25, -0.2) is 0 Å². The summed E-state index contributed by atoms with van der Waals surface area (Å²) in [5, 5.41) is 2.60. The molecule has 2 aromatic carbocycles. The summed E-state index contributed by atoms with van der Waals surface area (Å²) in [4.78, 5) is 12.3. The molecule has 3 rings (SSSR count). The number of benzene rings is 2. The van der Waals surface area contributed by atoms with Crippen molar-refractivity contribution in [3.05, 3.63) is 58.5 Å². The Balaban J connectivity index is 1.59. The van der Waals surface area contributed by atoms with Gasteiger partial charge in [0.2, 0.25) is 0 Å². The summed E-state index contributed by atoms with van der Waals surface area (Å²) in [7, 11) is 1.58. The minimum atomic E-state index is -0.183. The van der Waals surface area contributed by atoms with Crippen molar-refractivity contribution in [2.24, 2.45) is 0 Å². The molecule has 1 aliphatic rings. The first kappa shape index (κ1) is 19.3. The van der Waals surface area contributed by atoms with Gasteiger partial charge in [-0.1, -0.05) is 47.7 Å². The zero-order chi connectivity index (χ0) is 19.2. The Hall–Kier alpha value is -2.51. The molecule has 1 amide bonds. The molecule has 0 saturated carbocycles. The van der Waals surface area contributed by atoms with Crippen LogP contribution in [-0.4, -0.2) is 30.6 Å². The van der Waals surface area contributed by atoms with E-state index in [4.69, 9.17) is 26.4 Å².